The van der Waals surface area contributed by atoms with Crippen molar-refractivity contribution in [3.63, 3.8) is 0 Å². The second-order valence-corrected chi connectivity index (χ2v) is 16.7. The largest absolute Gasteiger partial charge is 0.478 e. The zero-order chi connectivity index (χ0) is 19.5. The first-order valence-corrected chi connectivity index (χ1v) is 12.2. The third kappa shape index (κ3) is 4.92. The van der Waals surface area contributed by atoms with Crippen molar-refractivity contribution in [1.82, 2.24) is 0 Å². The van der Waals surface area contributed by atoms with E-state index < -0.39 is 29.0 Å². The fourth-order valence-corrected chi connectivity index (χ4v) is 17.9. The molecule has 0 aliphatic carbocycles. The number of hydrogen-bond donors (Lipinski definition) is 2. The van der Waals surface area contributed by atoms with Gasteiger partial charge in [-0.1, -0.05) is 55.0 Å². The summed E-state index contributed by atoms with van der Waals surface area (Å²) in [6.45, 7) is 17.9. The Morgan fingerprint density at radius 1 is 1.12 bits per heavy atom. The van der Waals surface area contributed by atoms with Gasteiger partial charge in [-0.3, -0.25) is 4.55 Å². The van der Waals surface area contributed by atoms with Crippen molar-refractivity contribution < 1.29 is 22.9 Å². The molecule has 0 heterocycles. The van der Waals surface area contributed by atoms with Crippen molar-refractivity contribution >= 4 is 24.2 Å². The maximum absolute atomic E-state index is 12.3. The summed E-state index contributed by atoms with van der Waals surface area (Å²) >= 11 is 0. The molecule has 0 aromatic rings. The first-order valence-electron chi connectivity index (χ1n) is 8.47. The smallest absolute Gasteiger partial charge is 0.330 e. The highest BCUT2D eigenvalue weighted by Gasteiger charge is 2.58. The molecule has 1 unspecified atom stereocenters. The third-order valence-electron chi connectivity index (χ3n) is 5.35. The van der Waals surface area contributed by atoms with Crippen LogP contribution in [0.15, 0.2) is 12.2 Å². The molecule has 142 valence electrons. The van der Waals surface area contributed by atoms with Gasteiger partial charge in [-0.05, 0) is 35.4 Å². The van der Waals surface area contributed by atoms with E-state index in [0.29, 0.717) is 6.42 Å². The predicted octanol–water partition coefficient (Wildman–Crippen LogP) is 4.66. The van der Waals surface area contributed by atoms with Gasteiger partial charge in [0, 0.05) is 5.57 Å². The van der Waals surface area contributed by atoms with Crippen LogP contribution in [0.25, 0.3) is 0 Å². The maximum atomic E-state index is 12.3. The lowest BCUT2D eigenvalue weighted by atomic mass is 10.1. The summed E-state index contributed by atoms with van der Waals surface area (Å²) in [5, 5.41) is 8.69. The van der Waals surface area contributed by atoms with Crippen LogP contribution in [0.4, 0.5) is 0 Å². The van der Waals surface area contributed by atoms with E-state index in [2.05, 4.69) is 27.4 Å². The predicted molar refractivity (Wildman–Crippen MR) is 102 cm³/mol. The van der Waals surface area contributed by atoms with Crippen LogP contribution in [-0.4, -0.2) is 37.0 Å². The number of carboxylic acids is 1. The summed E-state index contributed by atoms with van der Waals surface area (Å²) in [6.07, 6.45) is 0.886. The zero-order valence-corrected chi connectivity index (χ0v) is 17.9. The molecule has 0 bridgehead atoms. The SMILES string of the molecule is C=C(CCCC([Si](C(C)C)(C(C)C)C(C)(C)C)S(=O)(=O)O)C(=O)O. The lowest BCUT2D eigenvalue weighted by molar-refractivity contribution is -0.132. The van der Waals surface area contributed by atoms with E-state index in [0.717, 1.165) is 0 Å². The minimum atomic E-state index is -4.23. The Morgan fingerprint density at radius 2 is 1.54 bits per heavy atom. The Kier molecular flexibility index (Phi) is 7.92. The number of hydrogen-bond acceptors (Lipinski definition) is 3. The van der Waals surface area contributed by atoms with Gasteiger partial charge < -0.3 is 5.11 Å². The lowest BCUT2D eigenvalue weighted by Gasteiger charge is -2.53. The molecule has 0 aliphatic heterocycles. The maximum Gasteiger partial charge on any atom is 0.330 e. The summed E-state index contributed by atoms with van der Waals surface area (Å²) in [7, 11) is -6.76. The van der Waals surface area contributed by atoms with Crippen LogP contribution >= 0.6 is 0 Å². The molecule has 1 atom stereocenters. The van der Waals surface area contributed by atoms with E-state index in [4.69, 9.17) is 5.11 Å². The molecule has 0 aromatic carbocycles. The van der Waals surface area contributed by atoms with Crippen molar-refractivity contribution in [2.75, 3.05) is 0 Å². The van der Waals surface area contributed by atoms with Gasteiger partial charge in [0.1, 0.15) is 0 Å². The van der Waals surface area contributed by atoms with Crippen LogP contribution in [0, 0.1) is 0 Å². The van der Waals surface area contributed by atoms with Crippen LogP contribution in [0.2, 0.25) is 16.1 Å². The molecule has 0 saturated carbocycles. The molecule has 2 N–H and O–H groups in total. The van der Waals surface area contributed by atoms with Crippen LogP contribution in [0.1, 0.15) is 67.7 Å². The average molecular weight is 379 g/mol. The lowest BCUT2D eigenvalue weighted by Crippen LogP contribution is -2.61. The summed E-state index contributed by atoms with van der Waals surface area (Å²) in [6, 6.07) is 0. The number of carbonyl (C=O) groups is 1. The molecule has 0 amide bonds. The van der Waals surface area contributed by atoms with Crippen molar-refractivity contribution in [2.45, 2.75) is 88.7 Å². The fourth-order valence-electron chi connectivity index (χ4n) is 4.87. The molecule has 5 nitrogen and oxygen atoms in total. The van der Waals surface area contributed by atoms with E-state index in [-0.39, 0.29) is 34.5 Å². The summed E-state index contributed by atoms with van der Waals surface area (Å²) in [5.41, 5.74) is 0.389. The Bertz CT molecular complexity index is 550. The molecule has 7 heteroatoms. The van der Waals surface area contributed by atoms with E-state index in [9.17, 15) is 17.8 Å². The fraction of sp³-hybridized carbons (Fsp3) is 0.824. The van der Waals surface area contributed by atoms with Gasteiger partial charge in [0.15, 0.2) is 0 Å². The normalized spacial score (nSPS) is 14.9. The second-order valence-electron chi connectivity index (χ2n) is 8.30. The number of carboxylic acid groups (broad SMARTS) is 1. The minimum Gasteiger partial charge on any atom is -0.478 e. The van der Waals surface area contributed by atoms with E-state index >= 15 is 0 Å². The zero-order valence-electron chi connectivity index (χ0n) is 16.1. The number of aliphatic carboxylic acids is 1. The third-order valence-corrected chi connectivity index (χ3v) is 16.1. The average Bonchev–Trinajstić information content (AvgIpc) is 2.33. The summed E-state index contributed by atoms with van der Waals surface area (Å²) in [5.74, 6) is -1.06. The Hall–Kier alpha value is -0.663. The van der Waals surface area contributed by atoms with Gasteiger partial charge in [-0.25, -0.2) is 4.79 Å². The van der Waals surface area contributed by atoms with Gasteiger partial charge in [0.05, 0.1) is 12.9 Å². The topological polar surface area (TPSA) is 91.7 Å². The van der Waals surface area contributed by atoms with E-state index in [1.165, 1.54) is 0 Å². The van der Waals surface area contributed by atoms with Crippen LogP contribution in [0.3, 0.4) is 0 Å². The molecule has 0 saturated heterocycles. The second kappa shape index (κ2) is 8.14. The van der Waals surface area contributed by atoms with Crippen molar-refractivity contribution in [2.24, 2.45) is 0 Å². The molecular weight excluding hydrogens is 344 g/mol. The van der Waals surface area contributed by atoms with Crippen molar-refractivity contribution in [1.29, 1.82) is 0 Å². The molecule has 0 rings (SSSR count). The molecule has 24 heavy (non-hydrogen) atoms. The first kappa shape index (κ1) is 23.3. The summed E-state index contributed by atoms with van der Waals surface area (Å²) < 4.78 is 34.6. The first-order chi connectivity index (χ1) is 10.6. The molecule has 0 aromatic heterocycles. The molecule has 0 aliphatic rings. The molecule has 0 radical (unpaired) electrons. The van der Waals surface area contributed by atoms with Crippen LogP contribution in [0.5, 0.6) is 0 Å². The van der Waals surface area contributed by atoms with Gasteiger partial charge >= 0.3 is 5.97 Å². The minimum absolute atomic E-state index is 0.0706. The highest BCUT2D eigenvalue weighted by molar-refractivity contribution is 7.88. The van der Waals surface area contributed by atoms with Crippen molar-refractivity contribution in [3.8, 4) is 0 Å². The van der Waals surface area contributed by atoms with Gasteiger partial charge in [-0.2, -0.15) is 8.42 Å². The van der Waals surface area contributed by atoms with Gasteiger partial charge in [-0.15, -0.1) is 0 Å². The Labute approximate surface area is 148 Å². The highest BCUT2D eigenvalue weighted by Crippen LogP contribution is 2.54. The van der Waals surface area contributed by atoms with E-state index in [1.807, 2.05) is 27.7 Å². The van der Waals surface area contributed by atoms with Gasteiger partial charge in [0.25, 0.3) is 10.1 Å². The molecule has 0 fully saturated rings. The van der Waals surface area contributed by atoms with Crippen molar-refractivity contribution in [3.05, 3.63) is 12.2 Å². The molecular formula is C17H34O5SSi. The van der Waals surface area contributed by atoms with Gasteiger partial charge in [0.2, 0.25) is 0 Å². The standard InChI is InChI=1S/C17H34O5SSi/c1-12(2)24(13(3)4,17(6,7)8)15(23(20,21)22)11-9-10-14(5)16(18)19/h12-13,15H,5,9-11H2,1-4,6-8H3,(H,18,19)(H,20,21,22). The highest BCUT2D eigenvalue weighted by atomic mass is 32.2. The van der Waals surface area contributed by atoms with E-state index in [1.54, 1.807) is 0 Å². The quantitative estimate of drug-likeness (QED) is 0.346. The molecule has 0 spiro atoms. The Morgan fingerprint density at radius 3 is 1.79 bits per heavy atom. The monoisotopic (exact) mass is 378 g/mol. The summed E-state index contributed by atoms with van der Waals surface area (Å²) in [4.78, 5) is 10.1. The Balaban J connectivity index is 5.92. The van der Waals surface area contributed by atoms with Crippen LogP contribution in [-0.2, 0) is 14.9 Å². The number of rotatable bonds is 9. The van der Waals surface area contributed by atoms with Crippen LogP contribution < -0.4 is 0 Å².